The average Bonchev–Trinajstić information content (AvgIpc) is 2.74. The Hall–Kier alpha value is -1.68. The summed E-state index contributed by atoms with van der Waals surface area (Å²) in [5, 5.41) is 6.60. The molecule has 1 atom stereocenters. The van der Waals surface area contributed by atoms with E-state index in [1.54, 1.807) is 0 Å². The minimum atomic E-state index is -0.229. The van der Waals surface area contributed by atoms with E-state index in [0.717, 1.165) is 5.56 Å². The van der Waals surface area contributed by atoms with Gasteiger partial charge in [0, 0.05) is 0 Å². The molecule has 0 aliphatic heterocycles. The predicted octanol–water partition coefficient (Wildman–Crippen LogP) is 1.47. The smallest absolute Gasteiger partial charge is 0.145 e. The Kier molecular flexibility index (Phi) is 2.51. The van der Waals surface area contributed by atoms with Crippen LogP contribution >= 0.6 is 0 Å². The maximum absolute atomic E-state index is 6.10. The molecule has 4 heteroatoms. The fourth-order valence-corrected chi connectivity index (χ4v) is 1.62. The molecule has 0 radical (unpaired) electrons. The third kappa shape index (κ3) is 1.76. The van der Waals surface area contributed by atoms with Gasteiger partial charge in [-0.3, -0.25) is 5.10 Å². The van der Waals surface area contributed by atoms with Gasteiger partial charge in [-0.15, -0.1) is 0 Å². The minimum Gasteiger partial charge on any atom is -0.318 e. The van der Waals surface area contributed by atoms with Crippen LogP contribution in [0.1, 0.15) is 28.6 Å². The third-order valence-electron chi connectivity index (χ3n) is 2.71. The molecular formula is C11H14N4. The van der Waals surface area contributed by atoms with Crippen LogP contribution in [0.2, 0.25) is 0 Å². The molecule has 15 heavy (non-hydrogen) atoms. The van der Waals surface area contributed by atoms with Crippen LogP contribution < -0.4 is 5.73 Å². The fraction of sp³-hybridized carbons (Fsp3) is 0.273. The van der Waals surface area contributed by atoms with Crippen molar-refractivity contribution < 1.29 is 0 Å². The van der Waals surface area contributed by atoms with E-state index < -0.39 is 0 Å². The first-order chi connectivity index (χ1) is 7.20. The number of aryl methyl sites for hydroxylation is 1. The van der Waals surface area contributed by atoms with Gasteiger partial charge in [0.25, 0.3) is 0 Å². The van der Waals surface area contributed by atoms with Crippen LogP contribution in [0.3, 0.4) is 0 Å². The topological polar surface area (TPSA) is 67.6 Å². The molecule has 0 aliphatic rings. The van der Waals surface area contributed by atoms with E-state index in [4.69, 9.17) is 5.73 Å². The van der Waals surface area contributed by atoms with Crippen molar-refractivity contribution in [2.45, 2.75) is 19.9 Å². The Bertz CT molecular complexity index is 448. The zero-order chi connectivity index (χ0) is 10.8. The summed E-state index contributed by atoms with van der Waals surface area (Å²) in [5.74, 6) is 0.698. The van der Waals surface area contributed by atoms with Gasteiger partial charge in [0.05, 0.1) is 6.04 Å². The largest absolute Gasteiger partial charge is 0.318 e. The van der Waals surface area contributed by atoms with Crippen molar-refractivity contribution in [2.75, 3.05) is 0 Å². The van der Waals surface area contributed by atoms with E-state index in [9.17, 15) is 0 Å². The monoisotopic (exact) mass is 202 g/mol. The summed E-state index contributed by atoms with van der Waals surface area (Å²) in [6.45, 7) is 4.15. The standard InChI is InChI=1S/C11H14N4/c1-7-4-3-5-9(8(7)2)10(12)11-13-6-14-15-11/h3-6,10H,12H2,1-2H3,(H,13,14,15). The van der Waals surface area contributed by atoms with Crippen molar-refractivity contribution in [1.82, 2.24) is 15.2 Å². The third-order valence-corrected chi connectivity index (χ3v) is 2.71. The van der Waals surface area contributed by atoms with Gasteiger partial charge in [-0.2, -0.15) is 5.10 Å². The van der Waals surface area contributed by atoms with E-state index in [-0.39, 0.29) is 6.04 Å². The van der Waals surface area contributed by atoms with Crippen LogP contribution in [-0.4, -0.2) is 15.2 Å². The lowest BCUT2D eigenvalue weighted by Gasteiger charge is -2.13. The lowest BCUT2D eigenvalue weighted by Crippen LogP contribution is -2.15. The highest BCUT2D eigenvalue weighted by Crippen LogP contribution is 2.21. The lowest BCUT2D eigenvalue weighted by atomic mass is 9.98. The molecule has 2 rings (SSSR count). The van der Waals surface area contributed by atoms with Gasteiger partial charge in [-0.25, -0.2) is 4.98 Å². The Balaban J connectivity index is 2.42. The molecule has 4 nitrogen and oxygen atoms in total. The number of nitrogens with zero attached hydrogens (tertiary/aromatic N) is 2. The summed E-state index contributed by atoms with van der Waals surface area (Å²) >= 11 is 0. The van der Waals surface area contributed by atoms with Crippen molar-refractivity contribution in [3.8, 4) is 0 Å². The second-order valence-electron chi connectivity index (χ2n) is 3.64. The first kappa shape index (κ1) is 9.86. The highest BCUT2D eigenvalue weighted by atomic mass is 15.2. The van der Waals surface area contributed by atoms with Crippen molar-refractivity contribution in [3.63, 3.8) is 0 Å². The number of hydrogen-bond acceptors (Lipinski definition) is 3. The first-order valence-corrected chi connectivity index (χ1v) is 4.87. The van der Waals surface area contributed by atoms with Gasteiger partial charge in [-0.1, -0.05) is 18.2 Å². The number of nitrogens with one attached hydrogen (secondary N) is 1. The summed E-state index contributed by atoms with van der Waals surface area (Å²) in [6, 6.07) is 5.88. The van der Waals surface area contributed by atoms with Gasteiger partial charge in [-0.05, 0) is 30.5 Å². The van der Waals surface area contributed by atoms with Crippen LogP contribution in [0.15, 0.2) is 24.5 Å². The second kappa shape index (κ2) is 3.82. The number of hydrogen-bond donors (Lipinski definition) is 2. The molecule has 1 aromatic carbocycles. The lowest BCUT2D eigenvalue weighted by molar-refractivity contribution is 0.780. The summed E-state index contributed by atoms with van der Waals surface area (Å²) in [5.41, 5.74) is 9.63. The van der Waals surface area contributed by atoms with Crippen LogP contribution in [0.25, 0.3) is 0 Å². The van der Waals surface area contributed by atoms with Gasteiger partial charge >= 0.3 is 0 Å². The van der Waals surface area contributed by atoms with E-state index in [1.807, 2.05) is 12.1 Å². The van der Waals surface area contributed by atoms with Gasteiger partial charge in [0.2, 0.25) is 0 Å². The molecule has 78 valence electrons. The normalized spacial score (nSPS) is 12.7. The van der Waals surface area contributed by atoms with Crippen LogP contribution in [0.4, 0.5) is 0 Å². The molecule has 0 aliphatic carbocycles. The molecule has 2 aromatic rings. The van der Waals surface area contributed by atoms with Gasteiger partial charge in [0.15, 0.2) is 0 Å². The molecule has 0 fully saturated rings. The maximum atomic E-state index is 6.10. The molecule has 1 heterocycles. The van der Waals surface area contributed by atoms with Crippen LogP contribution in [-0.2, 0) is 0 Å². The van der Waals surface area contributed by atoms with Crippen molar-refractivity contribution in [3.05, 3.63) is 47.0 Å². The minimum absolute atomic E-state index is 0.229. The summed E-state index contributed by atoms with van der Waals surface area (Å²) in [4.78, 5) is 4.07. The second-order valence-corrected chi connectivity index (χ2v) is 3.64. The zero-order valence-electron chi connectivity index (χ0n) is 8.86. The van der Waals surface area contributed by atoms with Crippen LogP contribution in [0.5, 0.6) is 0 Å². The Morgan fingerprint density at radius 2 is 2.13 bits per heavy atom. The molecule has 1 aromatic heterocycles. The molecule has 0 saturated carbocycles. The van der Waals surface area contributed by atoms with Crippen molar-refractivity contribution >= 4 is 0 Å². The van der Waals surface area contributed by atoms with Crippen molar-refractivity contribution in [2.24, 2.45) is 5.73 Å². The SMILES string of the molecule is Cc1cccc(C(N)c2ncn[nH]2)c1C. The number of rotatable bonds is 2. The van der Waals surface area contributed by atoms with E-state index in [1.165, 1.54) is 17.5 Å². The Labute approximate surface area is 88.5 Å². The van der Waals surface area contributed by atoms with Crippen LogP contribution in [0, 0.1) is 13.8 Å². The number of nitrogens with two attached hydrogens (primary N) is 1. The van der Waals surface area contributed by atoms with Gasteiger partial charge < -0.3 is 5.73 Å². The fourth-order valence-electron chi connectivity index (χ4n) is 1.62. The highest BCUT2D eigenvalue weighted by molar-refractivity contribution is 5.37. The molecule has 3 N–H and O–H groups in total. The average molecular weight is 202 g/mol. The molecule has 1 unspecified atom stereocenters. The molecule has 0 saturated heterocycles. The number of aromatic amines is 1. The maximum Gasteiger partial charge on any atom is 0.145 e. The Morgan fingerprint density at radius 3 is 2.80 bits per heavy atom. The quantitative estimate of drug-likeness (QED) is 0.774. The zero-order valence-corrected chi connectivity index (χ0v) is 8.86. The molecule has 0 amide bonds. The van der Waals surface area contributed by atoms with E-state index >= 15 is 0 Å². The number of benzene rings is 1. The Morgan fingerprint density at radius 1 is 1.33 bits per heavy atom. The molecule has 0 bridgehead atoms. The van der Waals surface area contributed by atoms with Crippen molar-refractivity contribution in [1.29, 1.82) is 0 Å². The summed E-state index contributed by atoms with van der Waals surface area (Å²) in [6.07, 6.45) is 1.47. The van der Waals surface area contributed by atoms with E-state index in [2.05, 4.69) is 35.1 Å². The number of aromatic nitrogens is 3. The highest BCUT2D eigenvalue weighted by Gasteiger charge is 2.14. The summed E-state index contributed by atoms with van der Waals surface area (Å²) in [7, 11) is 0. The van der Waals surface area contributed by atoms with Gasteiger partial charge in [0.1, 0.15) is 12.2 Å². The predicted molar refractivity (Wildman–Crippen MR) is 58.3 cm³/mol. The molecule has 0 spiro atoms. The number of H-pyrrole nitrogens is 1. The first-order valence-electron chi connectivity index (χ1n) is 4.87. The summed E-state index contributed by atoms with van der Waals surface area (Å²) < 4.78 is 0. The molecular weight excluding hydrogens is 188 g/mol. The van der Waals surface area contributed by atoms with E-state index in [0.29, 0.717) is 5.82 Å².